The first-order valence-corrected chi connectivity index (χ1v) is 11.4. The van der Waals surface area contributed by atoms with Crippen LogP contribution >= 0.6 is 0 Å². The summed E-state index contributed by atoms with van der Waals surface area (Å²) in [4.78, 5) is 14.7. The number of primary amides is 1. The molecule has 3 aromatic carbocycles. The van der Waals surface area contributed by atoms with Gasteiger partial charge in [0.15, 0.2) is 0 Å². The fourth-order valence-electron chi connectivity index (χ4n) is 4.98. The van der Waals surface area contributed by atoms with Gasteiger partial charge in [-0.15, -0.1) is 0 Å². The number of carbonyl (C=O) groups is 1. The Hall–Kier alpha value is -3.35. The maximum atomic E-state index is 12.5. The average Bonchev–Trinajstić information content (AvgIpc) is 3.19. The number of hydrogen-bond acceptors (Lipinski definition) is 5. The number of likely N-dealkylation sites (tertiary alicyclic amines) is 1. The van der Waals surface area contributed by atoms with Gasteiger partial charge in [-0.3, -0.25) is 9.69 Å². The SMILES string of the molecule is Cc1ccc(NC2CCN(C(C(N)=O)c3ccc4oc5ccccc5c4c3)CC2)c(CO)c1. The Morgan fingerprint density at radius 3 is 2.61 bits per heavy atom. The molecule has 0 saturated carbocycles. The van der Waals surface area contributed by atoms with Crippen molar-refractivity contribution in [1.29, 1.82) is 0 Å². The smallest absolute Gasteiger partial charge is 0.239 e. The zero-order valence-corrected chi connectivity index (χ0v) is 18.8. The molecule has 1 atom stereocenters. The molecular weight excluding hydrogens is 414 g/mol. The number of para-hydroxylation sites is 1. The summed E-state index contributed by atoms with van der Waals surface area (Å²) >= 11 is 0. The van der Waals surface area contributed by atoms with Gasteiger partial charge in [0.1, 0.15) is 17.2 Å². The molecule has 2 heterocycles. The van der Waals surface area contributed by atoms with Gasteiger partial charge in [-0.05, 0) is 49.6 Å². The Kier molecular flexibility index (Phi) is 5.79. The van der Waals surface area contributed by atoms with Crippen molar-refractivity contribution < 1.29 is 14.3 Å². The molecule has 0 bridgehead atoms. The van der Waals surface area contributed by atoms with Crippen LogP contribution in [0.2, 0.25) is 0 Å². The number of anilines is 1. The van der Waals surface area contributed by atoms with Gasteiger partial charge in [-0.2, -0.15) is 0 Å². The lowest BCUT2D eigenvalue weighted by Crippen LogP contribution is -2.45. The minimum absolute atomic E-state index is 0.0117. The molecule has 1 amide bonds. The molecule has 4 N–H and O–H groups in total. The monoisotopic (exact) mass is 443 g/mol. The van der Waals surface area contributed by atoms with Crippen molar-refractivity contribution in [2.24, 2.45) is 5.73 Å². The summed E-state index contributed by atoms with van der Waals surface area (Å²) in [5.74, 6) is -0.338. The second-order valence-corrected chi connectivity index (χ2v) is 8.93. The van der Waals surface area contributed by atoms with Crippen LogP contribution < -0.4 is 11.1 Å². The van der Waals surface area contributed by atoms with Crippen molar-refractivity contribution in [3.8, 4) is 0 Å². The fraction of sp³-hybridized carbons (Fsp3) is 0.296. The first-order chi connectivity index (χ1) is 16.0. The van der Waals surface area contributed by atoms with Crippen molar-refractivity contribution in [2.45, 2.75) is 38.5 Å². The number of aliphatic hydroxyl groups is 1. The first kappa shape index (κ1) is 21.5. The molecule has 33 heavy (non-hydrogen) atoms. The van der Waals surface area contributed by atoms with Crippen molar-refractivity contribution in [2.75, 3.05) is 18.4 Å². The molecule has 0 aliphatic carbocycles. The van der Waals surface area contributed by atoms with Crippen molar-refractivity contribution in [3.63, 3.8) is 0 Å². The van der Waals surface area contributed by atoms with E-state index in [9.17, 15) is 9.90 Å². The number of fused-ring (bicyclic) bond motifs is 3. The average molecular weight is 444 g/mol. The lowest BCUT2D eigenvalue weighted by Gasteiger charge is -2.37. The molecular formula is C27H29N3O3. The van der Waals surface area contributed by atoms with E-state index in [-0.39, 0.29) is 18.6 Å². The third kappa shape index (κ3) is 4.19. The van der Waals surface area contributed by atoms with Gasteiger partial charge >= 0.3 is 0 Å². The molecule has 0 spiro atoms. The summed E-state index contributed by atoms with van der Waals surface area (Å²) in [5.41, 5.74) is 11.5. The number of aryl methyl sites for hydroxylation is 1. The maximum absolute atomic E-state index is 12.5. The van der Waals surface area contributed by atoms with Crippen LogP contribution in [0.3, 0.4) is 0 Å². The van der Waals surface area contributed by atoms with Gasteiger partial charge in [0, 0.05) is 41.2 Å². The molecule has 1 unspecified atom stereocenters. The summed E-state index contributed by atoms with van der Waals surface area (Å²) in [6.45, 7) is 3.55. The van der Waals surface area contributed by atoms with Crippen LogP contribution in [0.15, 0.2) is 65.1 Å². The Bertz CT molecular complexity index is 1300. The highest BCUT2D eigenvalue weighted by Gasteiger charge is 2.30. The van der Waals surface area contributed by atoms with E-state index in [2.05, 4.69) is 16.3 Å². The number of piperidine rings is 1. The molecule has 6 nitrogen and oxygen atoms in total. The van der Waals surface area contributed by atoms with Gasteiger partial charge in [0.25, 0.3) is 0 Å². The fourth-order valence-corrected chi connectivity index (χ4v) is 4.98. The van der Waals surface area contributed by atoms with E-state index < -0.39 is 6.04 Å². The predicted octanol–water partition coefficient (Wildman–Crippen LogP) is 4.49. The number of furan rings is 1. The van der Waals surface area contributed by atoms with E-state index >= 15 is 0 Å². The molecule has 1 fully saturated rings. The molecule has 1 saturated heterocycles. The van der Waals surface area contributed by atoms with Gasteiger partial charge in [-0.25, -0.2) is 0 Å². The lowest BCUT2D eigenvalue weighted by molar-refractivity contribution is -0.123. The summed E-state index contributed by atoms with van der Waals surface area (Å²) in [6.07, 6.45) is 1.78. The number of rotatable bonds is 6. The van der Waals surface area contributed by atoms with Crippen molar-refractivity contribution >= 4 is 33.5 Å². The molecule has 0 radical (unpaired) electrons. The minimum atomic E-state index is -0.476. The van der Waals surface area contributed by atoms with Crippen LogP contribution in [0.5, 0.6) is 0 Å². The third-order valence-corrected chi connectivity index (χ3v) is 6.67. The van der Waals surface area contributed by atoms with E-state index in [4.69, 9.17) is 10.2 Å². The zero-order valence-electron chi connectivity index (χ0n) is 18.8. The molecule has 1 aliphatic heterocycles. The van der Waals surface area contributed by atoms with Gasteiger partial charge < -0.3 is 20.6 Å². The third-order valence-electron chi connectivity index (χ3n) is 6.67. The summed E-state index contributed by atoms with van der Waals surface area (Å²) < 4.78 is 5.93. The van der Waals surface area contributed by atoms with Crippen LogP contribution in [-0.2, 0) is 11.4 Å². The van der Waals surface area contributed by atoms with Crippen LogP contribution in [0.4, 0.5) is 5.69 Å². The van der Waals surface area contributed by atoms with Gasteiger partial charge in [-0.1, -0.05) is 42.0 Å². The molecule has 4 aromatic rings. The number of nitrogens with two attached hydrogens (primary N) is 1. The molecule has 170 valence electrons. The van der Waals surface area contributed by atoms with E-state index in [0.29, 0.717) is 0 Å². The normalized spacial score (nSPS) is 16.3. The lowest BCUT2D eigenvalue weighted by atomic mass is 9.97. The van der Waals surface area contributed by atoms with E-state index in [1.165, 1.54) is 0 Å². The van der Waals surface area contributed by atoms with Crippen LogP contribution in [0.1, 0.15) is 35.6 Å². The Morgan fingerprint density at radius 2 is 1.85 bits per heavy atom. The topological polar surface area (TPSA) is 91.7 Å². The van der Waals surface area contributed by atoms with Crippen LogP contribution in [0, 0.1) is 6.92 Å². The number of carbonyl (C=O) groups excluding carboxylic acids is 1. The summed E-state index contributed by atoms with van der Waals surface area (Å²) in [5, 5.41) is 15.3. The Morgan fingerprint density at radius 1 is 1.09 bits per heavy atom. The number of amides is 1. The highest BCUT2D eigenvalue weighted by molar-refractivity contribution is 6.05. The largest absolute Gasteiger partial charge is 0.456 e. The maximum Gasteiger partial charge on any atom is 0.239 e. The van der Waals surface area contributed by atoms with E-state index in [0.717, 1.165) is 70.2 Å². The summed E-state index contributed by atoms with van der Waals surface area (Å²) in [6, 6.07) is 19.8. The molecule has 1 aromatic heterocycles. The Labute approximate surface area is 193 Å². The van der Waals surface area contributed by atoms with Gasteiger partial charge in [0.2, 0.25) is 5.91 Å². The van der Waals surface area contributed by atoms with E-state index in [1.54, 1.807) is 0 Å². The highest BCUT2D eigenvalue weighted by Crippen LogP contribution is 2.33. The highest BCUT2D eigenvalue weighted by atomic mass is 16.3. The molecule has 1 aliphatic rings. The second kappa shape index (κ2) is 8.89. The second-order valence-electron chi connectivity index (χ2n) is 8.93. The quantitative estimate of drug-likeness (QED) is 0.408. The number of nitrogens with zero attached hydrogens (tertiary/aromatic N) is 1. The van der Waals surface area contributed by atoms with E-state index in [1.807, 2.05) is 61.5 Å². The Balaban J connectivity index is 1.34. The minimum Gasteiger partial charge on any atom is -0.456 e. The number of nitrogens with one attached hydrogen (secondary N) is 1. The van der Waals surface area contributed by atoms with Gasteiger partial charge in [0.05, 0.1) is 6.61 Å². The number of aliphatic hydroxyl groups excluding tert-OH is 1. The summed E-state index contributed by atoms with van der Waals surface area (Å²) in [7, 11) is 0. The van der Waals surface area contributed by atoms with Crippen LogP contribution in [0.25, 0.3) is 21.9 Å². The first-order valence-electron chi connectivity index (χ1n) is 11.4. The standard InChI is InChI=1S/C27H29N3O3/c1-17-6-8-23(19(14-17)16-31)29-20-10-12-30(13-11-20)26(27(28)32)18-7-9-25-22(15-18)21-4-2-3-5-24(21)33-25/h2-9,14-15,20,26,29,31H,10-13,16H2,1H3,(H2,28,32). The molecule has 5 rings (SSSR count). The number of benzene rings is 3. The molecule has 6 heteroatoms. The van der Waals surface area contributed by atoms with Crippen molar-refractivity contribution in [3.05, 3.63) is 77.4 Å². The predicted molar refractivity (Wildman–Crippen MR) is 131 cm³/mol. The zero-order chi connectivity index (χ0) is 22.9. The number of hydrogen-bond donors (Lipinski definition) is 3. The van der Waals surface area contributed by atoms with Crippen molar-refractivity contribution in [1.82, 2.24) is 4.90 Å². The van der Waals surface area contributed by atoms with Crippen LogP contribution in [-0.4, -0.2) is 35.0 Å².